The first-order chi connectivity index (χ1) is 10.2. The molecule has 1 heterocycles. The number of carbonyl (C=O) groups excluding carboxylic acids is 1. The Morgan fingerprint density at radius 2 is 1.86 bits per heavy atom. The molecule has 1 N–H and O–H groups in total. The van der Waals surface area contributed by atoms with Crippen molar-refractivity contribution in [1.82, 2.24) is 14.8 Å². The molecule has 6 heteroatoms. The summed E-state index contributed by atoms with van der Waals surface area (Å²) in [7, 11) is 0. The normalized spacial score (nSPS) is 10.3. The van der Waals surface area contributed by atoms with Crippen LogP contribution in [-0.4, -0.2) is 20.7 Å². The molecule has 0 saturated carbocycles. The quantitative estimate of drug-likeness (QED) is 0.700. The van der Waals surface area contributed by atoms with E-state index in [1.165, 1.54) is 6.33 Å². The van der Waals surface area contributed by atoms with Crippen LogP contribution in [0.4, 0.5) is 5.69 Å². The minimum absolute atomic E-state index is 0.117. The fourth-order valence-corrected chi connectivity index (χ4v) is 2.52. The lowest BCUT2D eigenvalue weighted by atomic mass is 10.2. The summed E-state index contributed by atoms with van der Waals surface area (Å²) in [4.78, 5) is 16.1. The fourth-order valence-electron chi connectivity index (χ4n) is 1.88. The highest BCUT2D eigenvalue weighted by atomic mass is 127. The number of anilines is 1. The van der Waals surface area contributed by atoms with Gasteiger partial charge in [-0.05, 0) is 59.0 Å². The number of halogens is 1. The summed E-state index contributed by atoms with van der Waals surface area (Å²) < 4.78 is 2.58. The van der Waals surface area contributed by atoms with Crippen molar-refractivity contribution in [3.8, 4) is 5.69 Å². The molecule has 0 bridgehead atoms. The molecule has 0 radical (unpaired) electrons. The van der Waals surface area contributed by atoms with Gasteiger partial charge in [0.25, 0.3) is 5.91 Å². The highest BCUT2D eigenvalue weighted by Gasteiger charge is 2.09. The average molecular weight is 390 g/mol. The van der Waals surface area contributed by atoms with Crippen molar-refractivity contribution in [3.05, 3.63) is 70.3 Å². The Bertz CT molecular complexity index is 754. The summed E-state index contributed by atoms with van der Waals surface area (Å²) in [5.74, 6) is -0.117. The van der Waals surface area contributed by atoms with Crippen molar-refractivity contribution >= 4 is 34.2 Å². The van der Waals surface area contributed by atoms with Gasteiger partial charge in [0, 0.05) is 9.26 Å². The standard InChI is InChI=1S/C15H11IN4O/c16-14-4-2-1-3-13(14)15(21)19-11-5-7-12(8-6-11)20-10-17-9-18-20/h1-10H,(H,19,21). The maximum atomic E-state index is 12.2. The molecule has 3 rings (SSSR count). The van der Waals surface area contributed by atoms with E-state index in [0.717, 1.165) is 14.9 Å². The van der Waals surface area contributed by atoms with Crippen LogP contribution in [0.15, 0.2) is 61.2 Å². The van der Waals surface area contributed by atoms with E-state index < -0.39 is 0 Å². The maximum absolute atomic E-state index is 12.2. The average Bonchev–Trinajstić information content (AvgIpc) is 3.02. The van der Waals surface area contributed by atoms with Gasteiger partial charge in [-0.1, -0.05) is 12.1 Å². The zero-order chi connectivity index (χ0) is 14.7. The summed E-state index contributed by atoms with van der Waals surface area (Å²) in [5.41, 5.74) is 2.29. The highest BCUT2D eigenvalue weighted by molar-refractivity contribution is 14.1. The number of amides is 1. The molecule has 0 atom stereocenters. The van der Waals surface area contributed by atoms with E-state index in [9.17, 15) is 4.79 Å². The van der Waals surface area contributed by atoms with Gasteiger partial charge in [0.2, 0.25) is 0 Å². The third-order valence-corrected chi connectivity index (χ3v) is 3.87. The molecule has 5 nitrogen and oxygen atoms in total. The van der Waals surface area contributed by atoms with E-state index in [1.807, 2.05) is 42.5 Å². The first kappa shape index (κ1) is 13.7. The smallest absolute Gasteiger partial charge is 0.256 e. The number of benzene rings is 2. The summed E-state index contributed by atoms with van der Waals surface area (Å²) in [6, 6.07) is 14.9. The lowest BCUT2D eigenvalue weighted by molar-refractivity contribution is 0.102. The van der Waals surface area contributed by atoms with Crippen LogP contribution in [0.25, 0.3) is 5.69 Å². The van der Waals surface area contributed by atoms with Crippen LogP contribution in [0.5, 0.6) is 0 Å². The van der Waals surface area contributed by atoms with E-state index in [-0.39, 0.29) is 5.91 Å². The summed E-state index contributed by atoms with van der Waals surface area (Å²) >= 11 is 2.15. The van der Waals surface area contributed by atoms with Crippen LogP contribution in [0.2, 0.25) is 0 Å². The number of hydrogen-bond acceptors (Lipinski definition) is 3. The molecule has 1 aromatic heterocycles. The molecule has 0 aliphatic heterocycles. The summed E-state index contributed by atoms with van der Waals surface area (Å²) in [6.07, 6.45) is 3.10. The lowest BCUT2D eigenvalue weighted by Gasteiger charge is -2.07. The van der Waals surface area contributed by atoms with Gasteiger partial charge in [0.05, 0.1) is 11.3 Å². The molecule has 0 unspecified atom stereocenters. The van der Waals surface area contributed by atoms with Crippen LogP contribution < -0.4 is 5.32 Å². The maximum Gasteiger partial charge on any atom is 0.256 e. The van der Waals surface area contributed by atoms with Gasteiger partial charge in [-0.2, -0.15) is 5.10 Å². The Kier molecular flexibility index (Phi) is 3.96. The van der Waals surface area contributed by atoms with E-state index in [0.29, 0.717) is 5.56 Å². The van der Waals surface area contributed by atoms with E-state index in [1.54, 1.807) is 17.1 Å². The molecule has 0 spiro atoms. The molecule has 104 valence electrons. The third kappa shape index (κ3) is 3.10. The van der Waals surface area contributed by atoms with Crippen molar-refractivity contribution in [1.29, 1.82) is 0 Å². The van der Waals surface area contributed by atoms with Crippen LogP contribution in [0, 0.1) is 3.57 Å². The Morgan fingerprint density at radius 1 is 1.10 bits per heavy atom. The second-order valence-corrected chi connectivity index (χ2v) is 5.48. The molecule has 0 aliphatic rings. The molecule has 1 amide bonds. The fraction of sp³-hybridized carbons (Fsp3) is 0. The largest absolute Gasteiger partial charge is 0.322 e. The van der Waals surface area contributed by atoms with E-state index in [2.05, 4.69) is 38.0 Å². The van der Waals surface area contributed by atoms with Crippen molar-refractivity contribution in [2.24, 2.45) is 0 Å². The molecular formula is C15H11IN4O. The third-order valence-electron chi connectivity index (χ3n) is 2.93. The van der Waals surface area contributed by atoms with Crippen LogP contribution in [0.3, 0.4) is 0 Å². The molecule has 3 aromatic rings. The van der Waals surface area contributed by atoms with Gasteiger partial charge < -0.3 is 5.32 Å². The molecule has 0 saturated heterocycles. The number of hydrogen-bond donors (Lipinski definition) is 1. The Morgan fingerprint density at radius 3 is 2.52 bits per heavy atom. The summed E-state index contributed by atoms with van der Waals surface area (Å²) in [5, 5.41) is 6.94. The lowest BCUT2D eigenvalue weighted by Crippen LogP contribution is -2.13. The molecule has 0 fully saturated rings. The Labute approximate surface area is 135 Å². The molecule has 2 aromatic carbocycles. The van der Waals surface area contributed by atoms with Crippen LogP contribution in [0.1, 0.15) is 10.4 Å². The van der Waals surface area contributed by atoms with Gasteiger partial charge in [-0.25, -0.2) is 9.67 Å². The second kappa shape index (κ2) is 6.04. The first-order valence-electron chi connectivity index (χ1n) is 6.25. The second-order valence-electron chi connectivity index (χ2n) is 4.32. The van der Waals surface area contributed by atoms with Gasteiger partial charge in [-0.15, -0.1) is 0 Å². The summed E-state index contributed by atoms with van der Waals surface area (Å²) in [6.45, 7) is 0. The zero-order valence-electron chi connectivity index (χ0n) is 10.9. The molecular weight excluding hydrogens is 379 g/mol. The van der Waals surface area contributed by atoms with E-state index >= 15 is 0 Å². The van der Waals surface area contributed by atoms with Crippen molar-refractivity contribution in [2.75, 3.05) is 5.32 Å². The Balaban J connectivity index is 1.77. The van der Waals surface area contributed by atoms with Gasteiger partial charge >= 0.3 is 0 Å². The number of nitrogens with one attached hydrogen (secondary N) is 1. The van der Waals surface area contributed by atoms with Crippen molar-refractivity contribution in [2.45, 2.75) is 0 Å². The number of nitrogens with zero attached hydrogens (tertiary/aromatic N) is 3. The number of carbonyl (C=O) groups is 1. The monoisotopic (exact) mass is 390 g/mol. The minimum Gasteiger partial charge on any atom is -0.322 e. The zero-order valence-corrected chi connectivity index (χ0v) is 13.1. The highest BCUT2D eigenvalue weighted by Crippen LogP contribution is 2.16. The Hall–Kier alpha value is -2.22. The minimum atomic E-state index is -0.117. The van der Waals surface area contributed by atoms with Gasteiger partial charge in [0.1, 0.15) is 12.7 Å². The molecule has 21 heavy (non-hydrogen) atoms. The van der Waals surface area contributed by atoms with Crippen molar-refractivity contribution < 1.29 is 4.79 Å². The van der Waals surface area contributed by atoms with Gasteiger partial charge in [-0.3, -0.25) is 4.79 Å². The first-order valence-corrected chi connectivity index (χ1v) is 7.33. The van der Waals surface area contributed by atoms with Crippen LogP contribution >= 0.6 is 22.6 Å². The van der Waals surface area contributed by atoms with Crippen LogP contribution in [-0.2, 0) is 0 Å². The SMILES string of the molecule is O=C(Nc1ccc(-n2cncn2)cc1)c1ccccc1I. The topological polar surface area (TPSA) is 59.8 Å². The molecule has 0 aliphatic carbocycles. The van der Waals surface area contributed by atoms with E-state index in [4.69, 9.17) is 0 Å². The van der Waals surface area contributed by atoms with Crippen molar-refractivity contribution in [3.63, 3.8) is 0 Å². The predicted molar refractivity (Wildman–Crippen MR) is 88.5 cm³/mol. The predicted octanol–water partition coefficient (Wildman–Crippen LogP) is 3.12. The number of rotatable bonds is 3. The van der Waals surface area contributed by atoms with Gasteiger partial charge in [0.15, 0.2) is 0 Å². The number of aromatic nitrogens is 3.